The molecule has 0 saturated heterocycles. The highest BCUT2D eigenvalue weighted by Gasteiger charge is 2.31. The number of benzene rings is 1. The van der Waals surface area contributed by atoms with E-state index in [0.717, 1.165) is 18.4 Å². The first-order chi connectivity index (χ1) is 7.80. The average molecular weight is 332 g/mol. The molecule has 0 aliphatic carbocycles. The summed E-state index contributed by atoms with van der Waals surface area (Å²) in [4.78, 5) is 0. The molecule has 0 aromatic heterocycles. The normalized spacial score (nSPS) is 11.9. The molecule has 0 bridgehead atoms. The molecule has 1 aromatic rings. The van der Waals surface area contributed by atoms with Gasteiger partial charge in [0.2, 0.25) is 0 Å². The van der Waals surface area contributed by atoms with Crippen LogP contribution >= 0.6 is 58.0 Å². The quantitative estimate of drug-likeness (QED) is 0.384. The van der Waals surface area contributed by atoms with Crippen LogP contribution in [0.25, 0.3) is 0 Å². The van der Waals surface area contributed by atoms with Crippen LogP contribution < -0.4 is 0 Å². The van der Waals surface area contributed by atoms with Crippen molar-refractivity contribution in [3.63, 3.8) is 0 Å². The van der Waals surface area contributed by atoms with E-state index in [1.165, 1.54) is 0 Å². The Kier molecular flexibility index (Phi) is 5.38. The van der Waals surface area contributed by atoms with Gasteiger partial charge in [0, 0.05) is 0 Å². The van der Waals surface area contributed by atoms with Gasteiger partial charge in [-0.25, -0.2) is 0 Å². The Balaban J connectivity index is 3.65. The number of rotatable bonds is 3. The molecule has 0 nitrogen and oxygen atoms in total. The van der Waals surface area contributed by atoms with Gasteiger partial charge < -0.3 is 0 Å². The van der Waals surface area contributed by atoms with Gasteiger partial charge in [-0.15, -0.1) is 0 Å². The van der Waals surface area contributed by atoms with Gasteiger partial charge in [-0.05, 0) is 10.9 Å². The highest BCUT2D eigenvalue weighted by Crippen LogP contribution is 2.48. The summed E-state index contributed by atoms with van der Waals surface area (Å²) in [6.07, 6.45) is 1.77. The van der Waals surface area contributed by atoms with Crippen molar-refractivity contribution in [1.82, 2.24) is 0 Å². The molecule has 0 fully saturated rings. The maximum Gasteiger partial charge on any atom is 0.115 e. The van der Waals surface area contributed by atoms with Gasteiger partial charge in [0.15, 0.2) is 0 Å². The van der Waals surface area contributed by atoms with Gasteiger partial charge in [0.25, 0.3) is 0 Å². The predicted octanol–water partition coefficient (Wildman–Crippen LogP) is 5.60. The minimum atomic E-state index is -0.161. The molecule has 0 radical (unpaired) electrons. The van der Waals surface area contributed by atoms with Crippen molar-refractivity contribution in [2.75, 3.05) is 0 Å². The Hall–Kier alpha value is 0.735. The van der Waals surface area contributed by atoms with Crippen LogP contribution in [-0.2, 0) is 5.31 Å². The molecule has 0 aliphatic rings. The van der Waals surface area contributed by atoms with Crippen LogP contribution in [-0.4, -0.2) is 7.85 Å². The summed E-state index contributed by atoms with van der Waals surface area (Å²) >= 11 is 30.6. The second-order valence-electron chi connectivity index (χ2n) is 4.21. The molecule has 0 aliphatic heterocycles. The summed E-state index contributed by atoms with van der Waals surface area (Å²) in [6.45, 7) is 4.15. The summed E-state index contributed by atoms with van der Waals surface area (Å²) in [5.74, 6) is 0. The summed E-state index contributed by atoms with van der Waals surface area (Å²) in [5.41, 5.74) is 0.783. The zero-order valence-corrected chi connectivity index (χ0v) is 13.6. The molecule has 0 amide bonds. The van der Waals surface area contributed by atoms with Crippen LogP contribution in [0.2, 0.25) is 25.1 Å². The molecular formula is C11H12BCl5. The van der Waals surface area contributed by atoms with Gasteiger partial charge in [0.1, 0.15) is 7.85 Å². The number of hydrogen-bond acceptors (Lipinski definition) is 0. The van der Waals surface area contributed by atoms with E-state index in [9.17, 15) is 0 Å². The molecule has 94 valence electrons. The molecular weight excluding hydrogens is 320 g/mol. The van der Waals surface area contributed by atoms with Crippen molar-refractivity contribution in [2.24, 2.45) is 0 Å². The summed E-state index contributed by atoms with van der Waals surface area (Å²) < 4.78 is 0. The first-order valence-electron chi connectivity index (χ1n) is 5.32. The van der Waals surface area contributed by atoms with Crippen LogP contribution in [0.15, 0.2) is 0 Å². The van der Waals surface area contributed by atoms with Gasteiger partial charge in [-0.1, -0.05) is 84.7 Å². The van der Waals surface area contributed by atoms with E-state index in [2.05, 4.69) is 21.7 Å². The largest absolute Gasteiger partial charge is 0.115 e. The van der Waals surface area contributed by atoms with Crippen molar-refractivity contribution in [2.45, 2.75) is 32.0 Å². The Morgan fingerprint density at radius 3 is 1.35 bits per heavy atom. The minimum absolute atomic E-state index is 0.161. The van der Waals surface area contributed by atoms with Gasteiger partial charge in [-0.2, -0.15) is 0 Å². The van der Waals surface area contributed by atoms with E-state index >= 15 is 0 Å². The highest BCUT2D eigenvalue weighted by atomic mass is 35.5. The fourth-order valence-corrected chi connectivity index (χ4v) is 3.33. The second-order valence-corrected chi connectivity index (χ2v) is 6.10. The van der Waals surface area contributed by atoms with Crippen LogP contribution in [0.4, 0.5) is 0 Å². The summed E-state index contributed by atoms with van der Waals surface area (Å²) in [5, 5.41) is 1.39. The molecule has 0 heterocycles. The summed E-state index contributed by atoms with van der Waals surface area (Å²) in [6, 6.07) is 0. The Morgan fingerprint density at radius 2 is 1.06 bits per heavy atom. The van der Waals surface area contributed by atoms with Crippen molar-refractivity contribution in [1.29, 1.82) is 0 Å². The lowest BCUT2D eigenvalue weighted by Crippen LogP contribution is -2.25. The molecule has 0 atom stereocenters. The van der Waals surface area contributed by atoms with E-state index in [4.69, 9.17) is 58.0 Å². The zero-order valence-electron chi connectivity index (χ0n) is 9.80. The Morgan fingerprint density at radius 1 is 0.765 bits per heavy atom. The third kappa shape index (κ3) is 2.69. The third-order valence-corrected chi connectivity index (χ3v) is 5.65. The zero-order chi connectivity index (χ0) is 13.4. The molecule has 17 heavy (non-hydrogen) atoms. The first-order valence-corrected chi connectivity index (χ1v) is 7.21. The van der Waals surface area contributed by atoms with Crippen LogP contribution in [0.1, 0.15) is 32.3 Å². The lowest BCUT2D eigenvalue weighted by atomic mass is 9.61. The molecule has 1 rings (SSSR count). The Bertz CT molecular complexity index is 411. The number of halogens is 5. The fraction of sp³-hybridized carbons (Fsp3) is 0.455. The van der Waals surface area contributed by atoms with E-state index in [-0.39, 0.29) is 20.4 Å². The van der Waals surface area contributed by atoms with E-state index in [1.54, 1.807) is 0 Å². The Labute approximate surface area is 128 Å². The van der Waals surface area contributed by atoms with Crippen LogP contribution in [0.5, 0.6) is 0 Å². The first kappa shape index (κ1) is 15.8. The van der Waals surface area contributed by atoms with Crippen LogP contribution in [0.3, 0.4) is 0 Å². The van der Waals surface area contributed by atoms with E-state index < -0.39 is 0 Å². The standard InChI is InChI=1S/C11H12BCl5/c1-3-11(12,4-2)5-6(13)8(15)10(17)9(16)7(5)14/h3-4,12H2,1-2H3. The van der Waals surface area contributed by atoms with Crippen LogP contribution in [0, 0.1) is 0 Å². The van der Waals surface area contributed by atoms with E-state index in [1.807, 2.05) is 0 Å². The highest BCUT2D eigenvalue weighted by molar-refractivity contribution is 6.55. The smallest absolute Gasteiger partial charge is 0.0823 e. The average Bonchev–Trinajstić information content (AvgIpc) is 2.33. The molecule has 6 heteroatoms. The maximum atomic E-state index is 6.26. The lowest BCUT2D eigenvalue weighted by molar-refractivity contribution is 0.565. The monoisotopic (exact) mass is 330 g/mol. The molecule has 0 saturated carbocycles. The van der Waals surface area contributed by atoms with Gasteiger partial charge in [0.05, 0.1) is 25.1 Å². The van der Waals surface area contributed by atoms with Crippen molar-refractivity contribution < 1.29 is 0 Å². The molecule has 0 spiro atoms. The van der Waals surface area contributed by atoms with Crippen molar-refractivity contribution in [3.8, 4) is 0 Å². The minimum Gasteiger partial charge on any atom is -0.0823 e. The predicted molar refractivity (Wildman–Crippen MR) is 82.3 cm³/mol. The second kappa shape index (κ2) is 5.80. The number of hydrogen-bond donors (Lipinski definition) is 0. The van der Waals surface area contributed by atoms with E-state index in [0.29, 0.717) is 10.0 Å². The fourth-order valence-electron chi connectivity index (χ4n) is 1.74. The van der Waals surface area contributed by atoms with Crippen molar-refractivity contribution in [3.05, 3.63) is 30.7 Å². The molecule has 0 N–H and O–H groups in total. The lowest BCUT2D eigenvalue weighted by Gasteiger charge is -2.30. The third-order valence-electron chi connectivity index (χ3n) is 3.37. The van der Waals surface area contributed by atoms with Gasteiger partial charge >= 0.3 is 0 Å². The summed E-state index contributed by atoms with van der Waals surface area (Å²) in [7, 11) is 2.08. The molecule has 1 aromatic carbocycles. The molecule has 0 unspecified atom stereocenters. The maximum absolute atomic E-state index is 6.26. The SMILES string of the molecule is BC(CC)(CC)c1c(Cl)c(Cl)c(Cl)c(Cl)c1Cl. The van der Waals surface area contributed by atoms with Crippen molar-refractivity contribution >= 4 is 65.9 Å². The van der Waals surface area contributed by atoms with Gasteiger partial charge in [-0.3, -0.25) is 0 Å². The topological polar surface area (TPSA) is 0 Å².